The maximum absolute atomic E-state index is 11.7. The third-order valence-corrected chi connectivity index (χ3v) is 3.94. The first-order chi connectivity index (χ1) is 8.61. The van der Waals surface area contributed by atoms with Crippen molar-refractivity contribution in [2.75, 3.05) is 37.0 Å². The average Bonchev–Trinajstić information content (AvgIpc) is 2.81. The quantitative estimate of drug-likeness (QED) is 0.698. The fourth-order valence-corrected chi connectivity index (χ4v) is 2.83. The lowest BCUT2D eigenvalue weighted by Crippen LogP contribution is -2.40. The second-order valence-corrected chi connectivity index (χ2v) is 4.99. The lowest BCUT2D eigenvalue weighted by atomic mass is 10.1. The number of ether oxygens (including phenoxy) is 1. The van der Waals surface area contributed by atoms with Crippen LogP contribution in [0.15, 0.2) is 6.07 Å². The number of pyridine rings is 1. The number of anilines is 2. The van der Waals surface area contributed by atoms with Crippen molar-refractivity contribution < 1.29 is 9.53 Å². The zero-order chi connectivity index (χ0) is 12.9. The first-order valence-electron chi connectivity index (χ1n) is 6.19. The molecular weight excluding hydrogens is 230 g/mol. The van der Waals surface area contributed by atoms with Crippen LogP contribution in [0.5, 0.6) is 0 Å². The fourth-order valence-electron chi connectivity index (χ4n) is 2.83. The molecule has 3 rings (SSSR count). The highest BCUT2D eigenvalue weighted by atomic mass is 16.5. The molecule has 1 aromatic heterocycles. The molecular formula is C13H17N3O2. The third-order valence-electron chi connectivity index (χ3n) is 3.94. The van der Waals surface area contributed by atoms with E-state index in [9.17, 15) is 4.79 Å². The summed E-state index contributed by atoms with van der Waals surface area (Å²) in [5.41, 5.74) is 2.43. The summed E-state index contributed by atoms with van der Waals surface area (Å²) in [4.78, 5) is 20.7. The van der Waals surface area contributed by atoms with Crippen molar-refractivity contribution in [2.45, 2.75) is 19.4 Å². The van der Waals surface area contributed by atoms with Crippen molar-refractivity contribution in [2.24, 2.45) is 0 Å². The van der Waals surface area contributed by atoms with E-state index in [4.69, 9.17) is 4.74 Å². The summed E-state index contributed by atoms with van der Waals surface area (Å²) in [5, 5.41) is 0. The number of fused-ring (bicyclic) bond motifs is 4. The van der Waals surface area contributed by atoms with Gasteiger partial charge in [0.25, 0.3) is 0 Å². The van der Waals surface area contributed by atoms with E-state index in [0.29, 0.717) is 11.7 Å². The molecule has 18 heavy (non-hydrogen) atoms. The SMILES string of the molecule is COC(=O)c1nc2c(cc1C)N1CCC(C1)N2C. The first kappa shape index (κ1) is 11.3. The number of aromatic nitrogens is 1. The summed E-state index contributed by atoms with van der Waals surface area (Å²) in [5.74, 6) is 0.534. The molecule has 1 fully saturated rings. The Morgan fingerprint density at radius 1 is 1.56 bits per heavy atom. The minimum atomic E-state index is -0.364. The van der Waals surface area contributed by atoms with Gasteiger partial charge in [-0.25, -0.2) is 9.78 Å². The van der Waals surface area contributed by atoms with Gasteiger partial charge >= 0.3 is 5.97 Å². The summed E-state index contributed by atoms with van der Waals surface area (Å²) >= 11 is 0. The molecule has 2 aliphatic rings. The van der Waals surface area contributed by atoms with E-state index in [2.05, 4.69) is 21.8 Å². The highest BCUT2D eigenvalue weighted by Gasteiger charge is 2.35. The fraction of sp³-hybridized carbons (Fsp3) is 0.538. The number of hydrogen-bond acceptors (Lipinski definition) is 5. The molecule has 1 aromatic rings. The molecule has 5 nitrogen and oxygen atoms in total. The number of aryl methyl sites for hydroxylation is 1. The van der Waals surface area contributed by atoms with Crippen molar-refractivity contribution in [1.82, 2.24) is 4.98 Å². The van der Waals surface area contributed by atoms with Crippen LogP contribution in [0.1, 0.15) is 22.5 Å². The number of carbonyl (C=O) groups excluding carboxylic acids is 1. The molecule has 2 aliphatic heterocycles. The second-order valence-electron chi connectivity index (χ2n) is 4.99. The van der Waals surface area contributed by atoms with Gasteiger partial charge in [0.15, 0.2) is 11.5 Å². The highest BCUT2D eigenvalue weighted by molar-refractivity contribution is 5.91. The Bertz CT molecular complexity index is 515. The molecule has 1 atom stereocenters. The number of methoxy groups -OCH3 is 1. The lowest BCUT2D eigenvalue weighted by molar-refractivity contribution is 0.0593. The third kappa shape index (κ3) is 1.46. The van der Waals surface area contributed by atoms with Gasteiger partial charge < -0.3 is 14.5 Å². The van der Waals surface area contributed by atoms with Crippen LogP contribution in [0.4, 0.5) is 11.5 Å². The molecule has 0 N–H and O–H groups in total. The number of esters is 1. The zero-order valence-electron chi connectivity index (χ0n) is 10.9. The van der Waals surface area contributed by atoms with Gasteiger partial charge in [-0.15, -0.1) is 0 Å². The monoisotopic (exact) mass is 247 g/mol. The number of likely N-dealkylation sites (N-methyl/N-ethyl adjacent to an activating group) is 1. The Hall–Kier alpha value is -1.78. The molecule has 96 valence electrons. The largest absolute Gasteiger partial charge is 0.464 e. The molecule has 0 radical (unpaired) electrons. The van der Waals surface area contributed by atoms with Crippen LogP contribution in [0.3, 0.4) is 0 Å². The van der Waals surface area contributed by atoms with E-state index in [0.717, 1.165) is 36.6 Å². The number of hydrogen-bond donors (Lipinski definition) is 0. The lowest BCUT2D eigenvalue weighted by Gasteiger charge is -2.35. The molecule has 0 saturated carbocycles. The molecule has 2 bridgehead atoms. The maximum atomic E-state index is 11.7. The van der Waals surface area contributed by atoms with Crippen LogP contribution in [-0.4, -0.2) is 44.2 Å². The summed E-state index contributed by atoms with van der Waals surface area (Å²) in [6.07, 6.45) is 1.15. The topological polar surface area (TPSA) is 45.7 Å². The van der Waals surface area contributed by atoms with E-state index in [1.165, 1.54) is 7.11 Å². The van der Waals surface area contributed by atoms with Gasteiger partial charge in [-0.3, -0.25) is 0 Å². The number of rotatable bonds is 1. The Morgan fingerprint density at radius 3 is 3.06 bits per heavy atom. The van der Waals surface area contributed by atoms with Crippen molar-refractivity contribution in [3.05, 3.63) is 17.3 Å². The van der Waals surface area contributed by atoms with Crippen LogP contribution in [0, 0.1) is 6.92 Å². The maximum Gasteiger partial charge on any atom is 0.357 e. The molecule has 0 spiro atoms. The molecule has 3 heterocycles. The van der Waals surface area contributed by atoms with Crippen molar-refractivity contribution in [3.8, 4) is 0 Å². The predicted octanol–water partition coefficient (Wildman–Crippen LogP) is 1.21. The van der Waals surface area contributed by atoms with Gasteiger partial charge in [0.1, 0.15) is 0 Å². The van der Waals surface area contributed by atoms with Gasteiger partial charge in [-0.1, -0.05) is 0 Å². The van der Waals surface area contributed by atoms with Crippen LogP contribution in [0.2, 0.25) is 0 Å². The molecule has 0 aromatic carbocycles. The minimum Gasteiger partial charge on any atom is -0.464 e. The first-order valence-corrected chi connectivity index (χ1v) is 6.19. The van der Waals surface area contributed by atoms with Crippen molar-refractivity contribution in [3.63, 3.8) is 0 Å². The van der Waals surface area contributed by atoms with E-state index in [-0.39, 0.29) is 5.97 Å². The zero-order valence-corrected chi connectivity index (χ0v) is 10.9. The van der Waals surface area contributed by atoms with E-state index in [1.54, 1.807) is 0 Å². The summed E-state index contributed by atoms with van der Waals surface area (Å²) < 4.78 is 4.78. The van der Waals surface area contributed by atoms with Gasteiger partial charge in [-0.05, 0) is 25.0 Å². The smallest absolute Gasteiger partial charge is 0.357 e. The Labute approximate surface area is 106 Å². The molecule has 1 unspecified atom stereocenters. The predicted molar refractivity (Wildman–Crippen MR) is 69.3 cm³/mol. The van der Waals surface area contributed by atoms with Crippen LogP contribution in [0.25, 0.3) is 0 Å². The minimum absolute atomic E-state index is 0.364. The molecule has 0 aliphatic carbocycles. The van der Waals surface area contributed by atoms with E-state index in [1.807, 2.05) is 13.0 Å². The van der Waals surface area contributed by atoms with E-state index < -0.39 is 0 Å². The Kier molecular flexibility index (Phi) is 2.43. The molecule has 5 heteroatoms. The Morgan fingerprint density at radius 2 is 2.33 bits per heavy atom. The van der Waals surface area contributed by atoms with Crippen LogP contribution in [-0.2, 0) is 4.74 Å². The summed E-state index contributed by atoms with van der Waals surface area (Å²) in [7, 11) is 3.44. The standard InChI is InChI=1S/C13H17N3O2/c1-8-6-10-12(14-11(8)13(17)18-3)15(2)9-4-5-16(10)7-9/h6,9H,4-5,7H2,1-3H3. The van der Waals surface area contributed by atoms with Gasteiger partial charge in [0, 0.05) is 26.2 Å². The second kappa shape index (κ2) is 3.86. The molecule has 0 amide bonds. The summed E-state index contributed by atoms with van der Waals surface area (Å²) in [6.45, 7) is 4.03. The Balaban J connectivity index is 2.13. The number of carbonyl (C=O) groups is 1. The van der Waals surface area contributed by atoms with Crippen molar-refractivity contribution in [1.29, 1.82) is 0 Å². The normalized spacial score (nSPS) is 20.9. The van der Waals surface area contributed by atoms with Crippen LogP contribution < -0.4 is 9.80 Å². The van der Waals surface area contributed by atoms with Gasteiger partial charge in [0.2, 0.25) is 0 Å². The van der Waals surface area contributed by atoms with Gasteiger partial charge in [0.05, 0.1) is 12.8 Å². The van der Waals surface area contributed by atoms with E-state index >= 15 is 0 Å². The van der Waals surface area contributed by atoms with Crippen molar-refractivity contribution >= 4 is 17.5 Å². The average molecular weight is 247 g/mol. The van der Waals surface area contributed by atoms with Gasteiger partial charge in [-0.2, -0.15) is 0 Å². The summed E-state index contributed by atoms with van der Waals surface area (Å²) in [6, 6.07) is 2.56. The molecule has 1 saturated heterocycles. The van der Waals surface area contributed by atoms with Crippen LogP contribution >= 0.6 is 0 Å². The highest BCUT2D eigenvalue weighted by Crippen LogP contribution is 2.38. The number of nitrogens with zero attached hydrogens (tertiary/aromatic N) is 3.